The van der Waals surface area contributed by atoms with Gasteiger partial charge in [0, 0.05) is 23.1 Å². The molecule has 3 aromatic heterocycles. The van der Waals surface area contributed by atoms with Gasteiger partial charge in [0.1, 0.15) is 0 Å². The number of rotatable bonds is 9. The summed E-state index contributed by atoms with van der Waals surface area (Å²) >= 11 is 0. The van der Waals surface area contributed by atoms with Crippen molar-refractivity contribution in [1.29, 1.82) is 15.8 Å². The largest absolute Gasteiger partial charge is 0.394 e. The van der Waals surface area contributed by atoms with Gasteiger partial charge in [-0.15, -0.1) is 5.10 Å². The van der Waals surface area contributed by atoms with Crippen LogP contribution in [0.25, 0.3) is 33.8 Å². The van der Waals surface area contributed by atoms with E-state index in [4.69, 9.17) is 28.1 Å². The van der Waals surface area contributed by atoms with Gasteiger partial charge in [-0.2, -0.15) is 30.4 Å². The first-order chi connectivity index (χ1) is 28.6. The molecule has 318 valence electrons. The van der Waals surface area contributed by atoms with E-state index < -0.39 is 0 Å². The van der Waals surface area contributed by atoms with Gasteiger partial charge in [0.2, 0.25) is 11.9 Å². The maximum atomic E-state index is 8.93. The Hall–Kier alpha value is -8.92. The van der Waals surface area contributed by atoms with E-state index in [-0.39, 0.29) is 29.7 Å². The van der Waals surface area contributed by atoms with Crippen molar-refractivity contribution in [1.82, 2.24) is 34.9 Å². The van der Waals surface area contributed by atoms with E-state index >= 15 is 0 Å². The van der Waals surface area contributed by atoms with E-state index in [9.17, 15) is 0 Å². The van der Waals surface area contributed by atoms with Gasteiger partial charge in [-0.05, 0) is 128 Å². The number of nitrogens with one attached hydrogen (secondary N) is 3. The average molecular weight is 838 g/mol. The number of hydrogen-bond acceptors (Lipinski definition) is 13. The van der Waals surface area contributed by atoms with Crippen LogP contribution in [-0.4, -0.2) is 34.9 Å². The van der Waals surface area contributed by atoms with E-state index in [1.165, 1.54) is 18.5 Å². The zero-order valence-electron chi connectivity index (χ0n) is 32.4. The summed E-state index contributed by atoms with van der Waals surface area (Å²) in [4.78, 5) is 20.9. The van der Waals surface area contributed by atoms with Crippen molar-refractivity contribution in [3.8, 4) is 23.9 Å². The molecule has 15 nitrogen and oxygen atoms in total. The third kappa shape index (κ3) is 12.3. The number of nitrogens with two attached hydrogens (primary N) is 1. The second-order valence-electron chi connectivity index (χ2n) is 13.1. The lowest BCUT2D eigenvalue weighted by atomic mass is 10.0. The van der Waals surface area contributed by atoms with Gasteiger partial charge in [-0.25, -0.2) is 14.8 Å². The van der Waals surface area contributed by atoms with E-state index in [1.807, 2.05) is 58.0 Å². The van der Waals surface area contributed by atoms with Gasteiger partial charge in [-0.3, -0.25) is 0 Å². The number of aromatic nitrogens is 7. The number of hydrogen-bond donors (Lipinski definition) is 4. The van der Waals surface area contributed by atoms with Gasteiger partial charge in [0.05, 0.1) is 59.7 Å². The number of nitrogens with zero attached hydrogens (tertiary/aromatic N) is 11. The van der Waals surface area contributed by atoms with Crippen LogP contribution in [0.15, 0.2) is 97.5 Å². The summed E-state index contributed by atoms with van der Waals surface area (Å²) in [6.45, 7) is 14.8. The van der Waals surface area contributed by atoms with E-state index in [1.54, 1.807) is 71.6 Å². The maximum absolute atomic E-state index is 8.93. The molecule has 0 spiro atoms. The number of nitriles is 3. The van der Waals surface area contributed by atoms with Crippen molar-refractivity contribution in [3.63, 3.8) is 0 Å². The Balaban J connectivity index is 0.000000408. The van der Waals surface area contributed by atoms with Crippen LogP contribution in [0.3, 0.4) is 0 Å². The summed E-state index contributed by atoms with van der Waals surface area (Å²) in [7, 11) is 0. The molecule has 0 aliphatic heterocycles. The number of benzene rings is 4. The first-order valence-electron chi connectivity index (χ1n) is 17.9. The standard InChI is InChI=1S/C22H16N8.C22H19N7.4CH4/c1-14-10-17(8-9-24-3)11-15(2)20(14)30-21-19(28-29-30)13-25-22(27-21)26-18-6-4-16(12-23)5-7-18;1-14-10-17(4-3-9-23)11-15(2)20(14)28-21-19(25)13-26-22(29-21)27-18-7-5-16(12-24)6-8-18;;;;/h4-11,13H,1-2H3,(H,25,26,27);3-8,10-11,13H,25H2,1-2H3,(H2,26,27,28,29);4*1H4/b9-8+;4-3+;;;;. The molecule has 0 fully saturated rings. The Morgan fingerprint density at radius 3 is 1.71 bits per heavy atom. The van der Waals surface area contributed by atoms with Crippen LogP contribution in [0.5, 0.6) is 0 Å². The van der Waals surface area contributed by atoms with E-state index in [2.05, 4.69) is 63.2 Å². The molecule has 0 saturated heterocycles. The first kappa shape index (κ1) is 50.2. The predicted octanol–water partition coefficient (Wildman–Crippen LogP) is 11.4. The number of aryl methyl sites for hydroxylation is 4. The van der Waals surface area contributed by atoms with Crippen LogP contribution < -0.4 is 21.7 Å². The Bertz CT molecular complexity index is 2850. The van der Waals surface area contributed by atoms with Crippen LogP contribution in [0.1, 0.15) is 74.2 Å². The van der Waals surface area contributed by atoms with E-state index in [0.717, 1.165) is 56.1 Å². The SMILES string of the molecule is C.C.C.C.Cc1cc(/C=C/C#N)cc(C)c1Nc1nc(Nc2ccc(C#N)cc2)ncc1N.[C-]#[N+]/C=C/c1cc(C)c(-n2nnc3cnc(Nc4ccc(C#N)cc4)nc32)c(C)c1. The van der Waals surface area contributed by atoms with Gasteiger partial charge in [0.15, 0.2) is 23.2 Å². The minimum atomic E-state index is 0. The molecular formula is C48H51N15. The van der Waals surface area contributed by atoms with Crippen LogP contribution in [0, 0.1) is 68.3 Å². The predicted molar refractivity (Wildman–Crippen MR) is 256 cm³/mol. The summed E-state index contributed by atoms with van der Waals surface area (Å²) in [5.41, 5.74) is 18.0. The molecule has 3 heterocycles. The zero-order valence-corrected chi connectivity index (χ0v) is 32.4. The van der Waals surface area contributed by atoms with Crippen LogP contribution in [0.2, 0.25) is 0 Å². The summed E-state index contributed by atoms with van der Waals surface area (Å²) in [5.74, 6) is 1.28. The second-order valence-corrected chi connectivity index (χ2v) is 13.1. The highest BCUT2D eigenvalue weighted by atomic mass is 15.4. The fourth-order valence-corrected chi connectivity index (χ4v) is 6.09. The maximum Gasteiger partial charge on any atom is 0.229 e. The van der Waals surface area contributed by atoms with Crippen molar-refractivity contribution in [2.75, 3.05) is 21.7 Å². The molecule has 63 heavy (non-hydrogen) atoms. The molecule has 0 unspecified atom stereocenters. The number of anilines is 7. The summed E-state index contributed by atoms with van der Waals surface area (Å²) in [6, 6.07) is 28.2. The molecule has 0 aliphatic rings. The molecule has 4 aromatic carbocycles. The fraction of sp³-hybridized carbons (Fsp3) is 0.167. The monoisotopic (exact) mass is 837 g/mol. The molecular weight excluding hydrogens is 787 g/mol. The van der Waals surface area contributed by atoms with Crippen LogP contribution in [-0.2, 0) is 0 Å². The Kier molecular flexibility index (Phi) is 18.4. The lowest BCUT2D eigenvalue weighted by Crippen LogP contribution is -2.06. The molecule has 0 saturated carbocycles. The summed E-state index contributed by atoms with van der Waals surface area (Å²) in [6.07, 6.45) is 9.59. The zero-order chi connectivity index (χ0) is 41.9. The topological polar surface area (TPSA) is 220 Å². The number of allylic oxidation sites excluding steroid dienone is 1. The smallest absolute Gasteiger partial charge is 0.229 e. The lowest BCUT2D eigenvalue weighted by Gasteiger charge is -2.15. The Labute approximate surface area is 369 Å². The minimum Gasteiger partial charge on any atom is -0.394 e. The first-order valence-corrected chi connectivity index (χ1v) is 17.9. The third-order valence-corrected chi connectivity index (χ3v) is 8.77. The molecule has 0 bridgehead atoms. The fourth-order valence-electron chi connectivity index (χ4n) is 6.09. The number of fused-ring (bicyclic) bond motifs is 1. The molecule has 0 amide bonds. The average Bonchev–Trinajstić information content (AvgIpc) is 3.64. The third-order valence-electron chi connectivity index (χ3n) is 8.77. The van der Waals surface area contributed by atoms with Crippen molar-refractivity contribution < 1.29 is 0 Å². The lowest BCUT2D eigenvalue weighted by molar-refractivity contribution is 0.807. The quantitative estimate of drug-likeness (QED) is 0.0786. The van der Waals surface area contributed by atoms with Crippen molar-refractivity contribution in [3.05, 3.63) is 153 Å². The Morgan fingerprint density at radius 2 is 1.19 bits per heavy atom. The second kappa shape index (κ2) is 23.0. The minimum absolute atomic E-state index is 0. The summed E-state index contributed by atoms with van der Waals surface area (Å²) in [5, 5.41) is 44.5. The van der Waals surface area contributed by atoms with Gasteiger partial charge < -0.3 is 21.7 Å². The highest BCUT2D eigenvalue weighted by Gasteiger charge is 2.15. The number of nitrogen functional groups attached to an aromatic ring is 1. The Morgan fingerprint density at radius 1 is 0.683 bits per heavy atom. The normalized spacial score (nSPS) is 9.90. The van der Waals surface area contributed by atoms with E-state index in [0.29, 0.717) is 45.7 Å². The van der Waals surface area contributed by atoms with Gasteiger partial charge in [0.25, 0.3) is 0 Å². The highest BCUT2D eigenvalue weighted by molar-refractivity contribution is 5.76. The van der Waals surface area contributed by atoms with Gasteiger partial charge >= 0.3 is 0 Å². The van der Waals surface area contributed by atoms with Crippen molar-refractivity contribution >= 4 is 63.8 Å². The molecule has 7 rings (SSSR count). The highest BCUT2D eigenvalue weighted by Crippen LogP contribution is 2.30. The van der Waals surface area contributed by atoms with Crippen LogP contribution >= 0.6 is 0 Å². The van der Waals surface area contributed by atoms with Crippen molar-refractivity contribution in [2.24, 2.45) is 0 Å². The van der Waals surface area contributed by atoms with Crippen LogP contribution in [0.4, 0.5) is 40.5 Å². The van der Waals surface area contributed by atoms with Gasteiger partial charge in [-0.1, -0.05) is 53.1 Å². The molecule has 0 atom stereocenters. The molecule has 0 aliphatic carbocycles. The molecule has 0 radical (unpaired) electrons. The summed E-state index contributed by atoms with van der Waals surface area (Å²) < 4.78 is 1.70. The molecule has 7 aromatic rings. The molecule has 5 N–H and O–H groups in total. The molecule has 15 heteroatoms. The van der Waals surface area contributed by atoms with Crippen molar-refractivity contribution in [2.45, 2.75) is 57.4 Å².